The van der Waals surface area contributed by atoms with Crippen molar-refractivity contribution in [1.29, 1.82) is 0 Å². The van der Waals surface area contributed by atoms with Gasteiger partial charge in [0, 0.05) is 5.56 Å². The van der Waals surface area contributed by atoms with Gasteiger partial charge in [0.05, 0.1) is 18.6 Å². The van der Waals surface area contributed by atoms with Crippen molar-refractivity contribution in [3.63, 3.8) is 0 Å². The summed E-state index contributed by atoms with van der Waals surface area (Å²) in [5, 5.41) is -0.403. The number of rotatable bonds is 7. The normalized spacial score (nSPS) is 15.1. The minimum Gasteiger partial charge on any atom is -0.493 e. The largest absolute Gasteiger partial charge is 0.493 e. The van der Waals surface area contributed by atoms with Gasteiger partial charge in [-0.1, -0.05) is 59.7 Å². The molecule has 0 saturated carbocycles. The van der Waals surface area contributed by atoms with Gasteiger partial charge in [0.25, 0.3) is 11.1 Å². The monoisotopic (exact) mass is 509 g/mol. The molecule has 180 valence electrons. The molecule has 0 aromatic heterocycles. The standard InChI is InChI=1S/C26H23NO6S2/c1-17-7-11-19(12-8-17)16-27-25(28)23(34-26(27)29)15-20-5-4-6-22(32-3)24(20)33-35(30,31)21-13-9-18(2)10-14-21/h4-15H,16H2,1-3H3/b23-15-. The predicted molar refractivity (Wildman–Crippen MR) is 135 cm³/mol. The van der Waals surface area contributed by atoms with Crippen LogP contribution < -0.4 is 8.92 Å². The van der Waals surface area contributed by atoms with E-state index in [0.29, 0.717) is 5.56 Å². The molecule has 9 heteroatoms. The van der Waals surface area contributed by atoms with Crippen LogP contribution in [0.3, 0.4) is 0 Å². The molecule has 1 aliphatic rings. The Kier molecular flexibility index (Phi) is 7.00. The van der Waals surface area contributed by atoms with E-state index in [4.69, 9.17) is 8.92 Å². The molecule has 3 aromatic carbocycles. The maximum atomic E-state index is 13.0. The fourth-order valence-corrected chi connectivity index (χ4v) is 5.21. The lowest BCUT2D eigenvalue weighted by molar-refractivity contribution is -0.123. The zero-order valence-corrected chi connectivity index (χ0v) is 21.0. The first-order chi connectivity index (χ1) is 16.7. The molecule has 0 N–H and O–H groups in total. The summed E-state index contributed by atoms with van der Waals surface area (Å²) in [7, 11) is -2.79. The van der Waals surface area contributed by atoms with Crippen molar-refractivity contribution in [2.24, 2.45) is 0 Å². The molecule has 4 rings (SSSR count). The molecule has 35 heavy (non-hydrogen) atoms. The first kappa shape index (κ1) is 24.6. The second-order valence-corrected chi connectivity index (χ2v) is 10.5. The van der Waals surface area contributed by atoms with E-state index in [1.165, 1.54) is 25.3 Å². The van der Waals surface area contributed by atoms with Gasteiger partial charge in [0.15, 0.2) is 11.5 Å². The molecule has 0 bridgehead atoms. The van der Waals surface area contributed by atoms with E-state index in [-0.39, 0.29) is 27.8 Å². The molecule has 0 unspecified atom stereocenters. The molecule has 0 atom stereocenters. The number of carbonyl (C=O) groups excluding carboxylic acids is 2. The number of nitrogens with zero attached hydrogens (tertiary/aromatic N) is 1. The number of methoxy groups -OCH3 is 1. The lowest BCUT2D eigenvalue weighted by Crippen LogP contribution is -2.27. The summed E-state index contributed by atoms with van der Waals surface area (Å²) in [6, 6.07) is 18.6. The molecule has 1 fully saturated rings. The summed E-state index contributed by atoms with van der Waals surface area (Å²) >= 11 is 0.790. The highest BCUT2D eigenvalue weighted by atomic mass is 32.2. The number of hydrogen-bond donors (Lipinski definition) is 0. The number of thioether (sulfide) groups is 1. The van der Waals surface area contributed by atoms with Gasteiger partial charge in [-0.05, 0) is 55.4 Å². The van der Waals surface area contributed by atoms with Crippen LogP contribution in [-0.4, -0.2) is 31.6 Å². The summed E-state index contributed by atoms with van der Waals surface area (Å²) in [6.07, 6.45) is 1.45. The van der Waals surface area contributed by atoms with Crippen molar-refractivity contribution < 1.29 is 26.9 Å². The number of para-hydroxylation sites is 1. The Bertz CT molecular complexity index is 1410. The van der Waals surface area contributed by atoms with E-state index in [1.807, 2.05) is 38.1 Å². The van der Waals surface area contributed by atoms with Crippen molar-refractivity contribution >= 4 is 39.1 Å². The van der Waals surface area contributed by atoms with Crippen LogP contribution >= 0.6 is 11.8 Å². The molecule has 7 nitrogen and oxygen atoms in total. The minimum atomic E-state index is -4.18. The molecule has 1 aliphatic heterocycles. The summed E-state index contributed by atoms with van der Waals surface area (Å²) in [4.78, 5) is 26.9. The van der Waals surface area contributed by atoms with Crippen LogP contribution in [0.4, 0.5) is 4.79 Å². The molecule has 0 spiro atoms. The van der Waals surface area contributed by atoms with Crippen LogP contribution in [0.2, 0.25) is 0 Å². The van der Waals surface area contributed by atoms with Crippen molar-refractivity contribution in [3.05, 3.63) is 93.9 Å². The van der Waals surface area contributed by atoms with E-state index >= 15 is 0 Å². The van der Waals surface area contributed by atoms with Gasteiger partial charge in [-0.2, -0.15) is 8.42 Å². The number of hydrogen-bond acceptors (Lipinski definition) is 7. The van der Waals surface area contributed by atoms with E-state index in [9.17, 15) is 18.0 Å². The Labute approximate surface area is 208 Å². The molecule has 2 amide bonds. The summed E-state index contributed by atoms with van der Waals surface area (Å²) in [5.41, 5.74) is 3.10. The number of carbonyl (C=O) groups is 2. The number of benzene rings is 3. The SMILES string of the molecule is COc1cccc(/C=C2\SC(=O)N(Cc3ccc(C)cc3)C2=O)c1OS(=O)(=O)c1ccc(C)cc1. The highest BCUT2D eigenvalue weighted by Crippen LogP contribution is 2.39. The molecule has 1 saturated heterocycles. The van der Waals surface area contributed by atoms with E-state index in [1.54, 1.807) is 30.3 Å². The van der Waals surface area contributed by atoms with Gasteiger partial charge < -0.3 is 8.92 Å². The lowest BCUT2D eigenvalue weighted by atomic mass is 10.1. The van der Waals surface area contributed by atoms with Gasteiger partial charge in [0.1, 0.15) is 4.90 Å². The van der Waals surface area contributed by atoms with Crippen LogP contribution in [0.25, 0.3) is 6.08 Å². The van der Waals surface area contributed by atoms with Gasteiger partial charge in [-0.25, -0.2) is 0 Å². The van der Waals surface area contributed by atoms with Crippen LogP contribution in [0.1, 0.15) is 22.3 Å². The summed E-state index contributed by atoms with van der Waals surface area (Å²) in [6.45, 7) is 3.95. The number of amides is 2. The minimum absolute atomic E-state index is 0.0154. The molecular formula is C26H23NO6S2. The van der Waals surface area contributed by atoms with Crippen molar-refractivity contribution in [2.45, 2.75) is 25.3 Å². The first-order valence-electron chi connectivity index (χ1n) is 10.7. The van der Waals surface area contributed by atoms with Crippen molar-refractivity contribution in [1.82, 2.24) is 4.90 Å². The Balaban J connectivity index is 1.65. The second kappa shape index (κ2) is 9.97. The van der Waals surface area contributed by atoms with Gasteiger partial charge in [0.2, 0.25) is 0 Å². The Hall–Kier alpha value is -3.56. The topological polar surface area (TPSA) is 90.0 Å². The predicted octanol–water partition coefficient (Wildman–Crippen LogP) is 5.32. The summed E-state index contributed by atoms with van der Waals surface area (Å²) < 4.78 is 36.7. The first-order valence-corrected chi connectivity index (χ1v) is 12.9. The van der Waals surface area contributed by atoms with Gasteiger partial charge >= 0.3 is 10.1 Å². The van der Waals surface area contributed by atoms with Crippen LogP contribution in [0.5, 0.6) is 11.5 Å². The maximum absolute atomic E-state index is 13.0. The average Bonchev–Trinajstić information content (AvgIpc) is 3.09. The van der Waals surface area contributed by atoms with Crippen LogP contribution in [0.15, 0.2) is 76.5 Å². The highest BCUT2D eigenvalue weighted by Gasteiger charge is 2.35. The molecule has 0 aliphatic carbocycles. The quantitative estimate of drug-likeness (QED) is 0.315. The number of imide groups is 1. The second-order valence-electron chi connectivity index (χ2n) is 7.98. The van der Waals surface area contributed by atoms with Crippen molar-refractivity contribution in [3.8, 4) is 11.5 Å². The maximum Gasteiger partial charge on any atom is 0.339 e. The summed E-state index contributed by atoms with van der Waals surface area (Å²) in [5.74, 6) is -0.357. The molecular weight excluding hydrogens is 486 g/mol. The Morgan fingerprint density at radius 3 is 2.17 bits per heavy atom. The highest BCUT2D eigenvalue weighted by molar-refractivity contribution is 8.18. The van der Waals surface area contributed by atoms with E-state index in [0.717, 1.165) is 33.4 Å². The number of aryl methyl sites for hydroxylation is 2. The fraction of sp³-hybridized carbons (Fsp3) is 0.154. The molecule has 3 aromatic rings. The fourth-order valence-electron chi connectivity index (χ4n) is 3.41. The molecule has 0 radical (unpaired) electrons. The Morgan fingerprint density at radius 2 is 1.54 bits per heavy atom. The average molecular weight is 510 g/mol. The van der Waals surface area contributed by atoms with Gasteiger partial charge in [-0.15, -0.1) is 0 Å². The Morgan fingerprint density at radius 1 is 0.914 bits per heavy atom. The number of ether oxygens (including phenoxy) is 1. The zero-order chi connectivity index (χ0) is 25.2. The lowest BCUT2D eigenvalue weighted by Gasteiger charge is -2.14. The van der Waals surface area contributed by atoms with Crippen LogP contribution in [0, 0.1) is 13.8 Å². The third kappa shape index (κ3) is 5.41. The van der Waals surface area contributed by atoms with Crippen LogP contribution in [-0.2, 0) is 21.5 Å². The van der Waals surface area contributed by atoms with Crippen molar-refractivity contribution in [2.75, 3.05) is 7.11 Å². The zero-order valence-electron chi connectivity index (χ0n) is 19.3. The van der Waals surface area contributed by atoms with E-state index in [2.05, 4.69) is 0 Å². The van der Waals surface area contributed by atoms with E-state index < -0.39 is 21.3 Å². The smallest absolute Gasteiger partial charge is 0.339 e. The van der Waals surface area contributed by atoms with Gasteiger partial charge in [-0.3, -0.25) is 14.5 Å². The molecule has 1 heterocycles. The third-order valence-electron chi connectivity index (χ3n) is 5.35. The third-order valence-corrected chi connectivity index (χ3v) is 7.50.